The number of β-amino-alcohol motifs (C(OH)–C–C–N with tert-alkyl or cyclic N) is 1. The Balaban J connectivity index is 0.865. The number of nitrogens with one attached hydrogen (secondary N) is 4. The number of hydrazone groups is 1. The molecular weight excluding hydrogens is 825 g/mol. The highest BCUT2D eigenvalue weighted by Gasteiger charge is 2.44. The molecule has 0 unspecified atom stereocenters. The number of aliphatic hydroxyl groups excluding tert-OH is 1. The third kappa shape index (κ3) is 13.0. The van der Waals surface area contributed by atoms with Gasteiger partial charge in [-0.25, -0.2) is 15.4 Å². The van der Waals surface area contributed by atoms with Crippen molar-refractivity contribution in [3.8, 4) is 10.4 Å². The van der Waals surface area contributed by atoms with E-state index in [4.69, 9.17) is 4.98 Å². The predicted octanol–water partition coefficient (Wildman–Crippen LogP) is 7.78. The van der Waals surface area contributed by atoms with Gasteiger partial charge in [0.25, 0.3) is 0 Å². The molecule has 3 amide bonds. The van der Waals surface area contributed by atoms with Gasteiger partial charge < -0.3 is 30.5 Å². The van der Waals surface area contributed by atoms with Gasteiger partial charge in [-0.3, -0.25) is 19.4 Å². The fraction of sp³-hybridized carbons (Fsp3) is 0.490. The summed E-state index contributed by atoms with van der Waals surface area (Å²) in [7, 11) is 0. The van der Waals surface area contributed by atoms with Crippen LogP contribution in [-0.4, -0.2) is 90.8 Å². The van der Waals surface area contributed by atoms with Crippen LogP contribution in [0.5, 0.6) is 0 Å². The minimum Gasteiger partial charge on any atom is -0.391 e. The lowest BCUT2D eigenvalue weighted by Gasteiger charge is -2.35. The van der Waals surface area contributed by atoms with E-state index in [0.29, 0.717) is 32.0 Å². The van der Waals surface area contributed by atoms with Crippen molar-refractivity contribution < 1.29 is 19.5 Å². The first-order chi connectivity index (χ1) is 30.8. The lowest BCUT2D eigenvalue weighted by molar-refractivity contribution is -0.142. The maximum atomic E-state index is 14.1. The molecule has 0 saturated carbocycles. The number of benzene rings is 2. The zero-order valence-corrected chi connectivity index (χ0v) is 39.1. The van der Waals surface area contributed by atoms with Gasteiger partial charge >= 0.3 is 0 Å². The van der Waals surface area contributed by atoms with Gasteiger partial charge in [0, 0.05) is 38.7 Å². The lowest BCUT2D eigenvalue weighted by atomic mass is 9.85. The first kappa shape index (κ1) is 48.0. The number of aryl methyl sites for hydroxylation is 1. The van der Waals surface area contributed by atoms with Crippen molar-refractivity contribution >= 4 is 51.8 Å². The molecule has 0 spiro atoms. The van der Waals surface area contributed by atoms with Crippen LogP contribution in [0.25, 0.3) is 21.5 Å². The number of aromatic nitrogens is 4. The molecule has 342 valence electrons. The number of rotatable bonds is 22. The van der Waals surface area contributed by atoms with Gasteiger partial charge in [0.15, 0.2) is 0 Å². The molecule has 1 saturated heterocycles. The van der Waals surface area contributed by atoms with Crippen molar-refractivity contribution in [1.29, 1.82) is 0 Å². The summed E-state index contributed by atoms with van der Waals surface area (Å²) in [6, 6.07) is 20.2. The molecule has 15 heteroatoms. The normalized spacial score (nSPS) is 16.5. The molecular formula is C49H66N10O4S. The SMILES string of the molecule is C/C(=N\Nc1nc2ccccc2n1CCNC(=O)CCCCCCCCCN[C@H](C(=O)N1C[C@H](O)C[C@H]1C(=O)N[C@@H](C)c1ccc(-c2scnc2C)cc1)C(C)(C)C)c1ccccn1. The number of fused-ring (bicyclic) bond motifs is 1. The van der Waals surface area contributed by atoms with Gasteiger partial charge in [-0.2, -0.15) is 5.10 Å². The molecule has 1 aliphatic rings. The maximum Gasteiger partial charge on any atom is 0.243 e. The van der Waals surface area contributed by atoms with E-state index < -0.39 is 23.6 Å². The fourth-order valence-corrected chi connectivity index (χ4v) is 9.03. The van der Waals surface area contributed by atoms with Crippen molar-refractivity contribution in [1.82, 2.24) is 40.4 Å². The van der Waals surface area contributed by atoms with Crippen molar-refractivity contribution in [2.24, 2.45) is 10.5 Å². The monoisotopic (exact) mass is 890 g/mol. The Hall–Kier alpha value is -5.51. The van der Waals surface area contributed by atoms with E-state index in [1.165, 1.54) is 0 Å². The van der Waals surface area contributed by atoms with Gasteiger partial charge in [-0.1, -0.05) is 95.3 Å². The molecule has 1 fully saturated rings. The number of anilines is 1. The number of nitrogens with zero attached hydrogens (tertiary/aromatic N) is 6. The summed E-state index contributed by atoms with van der Waals surface area (Å²) in [4.78, 5) is 56.6. The van der Waals surface area contributed by atoms with E-state index in [1.807, 2.05) is 118 Å². The van der Waals surface area contributed by atoms with E-state index >= 15 is 0 Å². The molecule has 5 N–H and O–H groups in total. The number of unbranched alkanes of at least 4 members (excludes halogenated alkanes) is 6. The molecule has 4 heterocycles. The lowest BCUT2D eigenvalue weighted by Crippen LogP contribution is -2.56. The van der Waals surface area contributed by atoms with Crippen molar-refractivity contribution in [3.63, 3.8) is 0 Å². The van der Waals surface area contributed by atoms with E-state index in [0.717, 1.165) is 89.1 Å². The number of para-hydroxylation sites is 2. The highest BCUT2D eigenvalue weighted by molar-refractivity contribution is 7.13. The Morgan fingerprint density at radius 1 is 0.922 bits per heavy atom. The largest absolute Gasteiger partial charge is 0.391 e. The third-order valence-corrected chi connectivity index (χ3v) is 12.8. The maximum absolute atomic E-state index is 14.1. The van der Waals surface area contributed by atoms with Crippen molar-refractivity contribution in [2.75, 3.05) is 25.1 Å². The minimum atomic E-state index is -0.758. The number of carbonyl (C=O) groups is 3. The van der Waals surface area contributed by atoms with E-state index in [9.17, 15) is 19.5 Å². The molecule has 0 aliphatic carbocycles. The first-order valence-corrected chi connectivity index (χ1v) is 23.6. The number of carbonyl (C=O) groups excluding carboxylic acids is 3. The summed E-state index contributed by atoms with van der Waals surface area (Å²) in [5.41, 5.74) is 10.9. The van der Waals surface area contributed by atoms with Gasteiger partial charge in [-0.15, -0.1) is 11.3 Å². The number of imidazole rings is 1. The molecule has 2 aromatic carbocycles. The molecule has 1 aliphatic heterocycles. The molecule has 0 radical (unpaired) electrons. The molecule has 5 aromatic rings. The van der Waals surface area contributed by atoms with Crippen LogP contribution in [0.2, 0.25) is 0 Å². The van der Waals surface area contributed by atoms with Crippen LogP contribution >= 0.6 is 11.3 Å². The van der Waals surface area contributed by atoms with E-state index in [2.05, 4.69) is 36.4 Å². The third-order valence-electron chi connectivity index (χ3n) is 11.9. The van der Waals surface area contributed by atoms with Crippen LogP contribution in [0.1, 0.15) is 115 Å². The summed E-state index contributed by atoms with van der Waals surface area (Å²) in [6.07, 6.45) is 8.71. The van der Waals surface area contributed by atoms with Crippen LogP contribution in [0.4, 0.5) is 5.95 Å². The van der Waals surface area contributed by atoms with Gasteiger partial charge in [0.1, 0.15) is 6.04 Å². The van der Waals surface area contributed by atoms with E-state index in [1.54, 1.807) is 22.4 Å². The molecule has 4 atom stereocenters. The van der Waals surface area contributed by atoms with Crippen molar-refractivity contribution in [2.45, 2.75) is 130 Å². The molecule has 6 rings (SSSR count). The van der Waals surface area contributed by atoms with Gasteiger partial charge in [0.05, 0.1) is 56.7 Å². The summed E-state index contributed by atoms with van der Waals surface area (Å²) in [5, 5.41) is 24.9. The summed E-state index contributed by atoms with van der Waals surface area (Å²) in [5.74, 6) is 0.244. The summed E-state index contributed by atoms with van der Waals surface area (Å²) < 4.78 is 2.03. The second-order valence-electron chi connectivity index (χ2n) is 17.9. The summed E-state index contributed by atoms with van der Waals surface area (Å²) in [6.45, 7) is 13.8. The minimum absolute atomic E-state index is 0.0473. The average molecular weight is 891 g/mol. The van der Waals surface area contributed by atoms with Crippen LogP contribution in [0.3, 0.4) is 0 Å². The zero-order valence-electron chi connectivity index (χ0n) is 38.3. The van der Waals surface area contributed by atoms with Gasteiger partial charge in [-0.05, 0) is 81.0 Å². The number of hydrogen-bond donors (Lipinski definition) is 5. The molecule has 3 aromatic heterocycles. The fourth-order valence-electron chi connectivity index (χ4n) is 8.22. The van der Waals surface area contributed by atoms with Crippen LogP contribution < -0.4 is 21.4 Å². The predicted molar refractivity (Wildman–Crippen MR) is 256 cm³/mol. The highest BCUT2D eigenvalue weighted by atomic mass is 32.1. The van der Waals surface area contributed by atoms with Gasteiger partial charge in [0.2, 0.25) is 23.7 Å². The Morgan fingerprint density at radius 2 is 1.64 bits per heavy atom. The second kappa shape index (κ2) is 22.9. The number of hydrogen-bond acceptors (Lipinski definition) is 11. The number of amides is 3. The summed E-state index contributed by atoms with van der Waals surface area (Å²) >= 11 is 1.60. The standard InChI is InChI=1S/C49H66N10O4S/c1-33(36-22-24-37(25-23-36)44-35(3)53-32-64-44)54-46(62)42-30-38(60)31-59(42)47(63)45(49(4,5)6)52-27-16-11-9-7-8-10-12-21-43(61)51-28-29-58-41-20-14-13-19-40(41)55-48(58)57-56-34(2)39-18-15-17-26-50-39/h13-15,17-20,22-26,32-33,38,42,45,52,60H,7-12,16,21,27-31H2,1-6H3,(H,51,61)(H,54,62)(H,55,57)/b56-34+/t33-,38+,42-,45+/m0/s1. The van der Waals surface area contributed by atoms with Crippen LogP contribution in [-0.2, 0) is 20.9 Å². The molecule has 14 nitrogen and oxygen atoms in total. The molecule has 0 bridgehead atoms. The van der Waals surface area contributed by atoms with Crippen LogP contribution in [0.15, 0.2) is 83.5 Å². The quantitative estimate of drug-likeness (QED) is 0.0264. The number of thiazole rings is 1. The Kier molecular flexibility index (Phi) is 17.2. The smallest absolute Gasteiger partial charge is 0.243 e. The number of pyridine rings is 1. The van der Waals surface area contributed by atoms with Crippen molar-refractivity contribution in [3.05, 3.63) is 95.4 Å². The first-order valence-electron chi connectivity index (χ1n) is 22.8. The average Bonchev–Trinajstić information content (AvgIpc) is 4.00. The van der Waals surface area contributed by atoms with Crippen LogP contribution in [0, 0.1) is 12.3 Å². The van der Waals surface area contributed by atoms with E-state index in [-0.39, 0.29) is 36.7 Å². The number of aliphatic hydroxyl groups is 1. The topological polar surface area (TPSA) is 179 Å². The Labute approximate surface area is 381 Å². The Morgan fingerprint density at radius 3 is 2.34 bits per heavy atom. The second-order valence-corrected chi connectivity index (χ2v) is 18.8. The highest BCUT2D eigenvalue weighted by Crippen LogP contribution is 2.30. The zero-order chi connectivity index (χ0) is 45.6. The Bertz CT molecular complexity index is 2320. The molecule has 64 heavy (non-hydrogen) atoms. The number of likely N-dealkylation sites (tertiary alicyclic amines) is 1.